The summed E-state index contributed by atoms with van der Waals surface area (Å²) in [5, 5.41) is 7.19. The highest BCUT2D eigenvalue weighted by Gasteiger charge is 2.23. The molecule has 1 aliphatic carbocycles. The Labute approximate surface area is 210 Å². The number of thiazole rings is 1. The Morgan fingerprint density at radius 2 is 2.00 bits per heavy atom. The van der Waals surface area contributed by atoms with E-state index < -0.39 is 0 Å². The molecule has 1 fully saturated rings. The van der Waals surface area contributed by atoms with E-state index in [1.54, 1.807) is 17.4 Å². The molecule has 2 heterocycles. The van der Waals surface area contributed by atoms with Crippen molar-refractivity contribution in [3.8, 4) is 22.0 Å². The lowest BCUT2D eigenvalue weighted by atomic mass is 9.89. The zero-order valence-electron chi connectivity index (χ0n) is 19.3. The van der Waals surface area contributed by atoms with E-state index in [0.717, 1.165) is 52.6 Å². The predicted molar refractivity (Wildman–Crippen MR) is 140 cm³/mol. The molecule has 1 saturated carbocycles. The van der Waals surface area contributed by atoms with E-state index in [9.17, 15) is 4.79 Å². The molecule has 0 saturated heterocycles. The summed E-state index contributed by atoms with van der Waals surface area (Å²) in [5.74, 6) is 0.643. The number of benzene rings is 1. The highest BCUT2D eigenvalue weighted by molar-refractivity contribution is 7.13. The van der Waals surface area contributed by atoms with Crippen molar-refractivity contribution in [1.29, 1.82) is 0 Å². The number of carbonyl (C=O) groups is 1. The van der Waals surface area contributed by atoms with Crippen molar-refractivity contribution >= 4 is 40.4 Å². The van der Waals surface area contributed by atoms with Gasteiger partial charge in [-0.25, -0.2) is 4.98 Å². The molecule has 1 aromatic carbocycles. The molecule has 1 aliphatic rings. The fourth-order valence-electron chi connectivity index (χ4n) is 4.60. The van der Waals surface area contributed by atoms with Crippen LogP contribution in [0.5, 0.6) is 0 Å². The number of rotatable bonds is 8. The van der Waals surface area contributed by atoms with Gasteiger partial charge in [0.2, 0.25) is 0 Å². The van der Waals surface area contributed by atoms with Gasteiger partial charge in [0.1, 0.15) is 5.01 Å². The third-order valence-corrected chi connectivity index (χ3v) is 7.94. The Balaban J connectivity index is 1.69. The second kappa shape index (κ2) is 11.1. The molecular formula is C26H31Cl2N3OS. The molecule has 1 N–H and O–H groups in total. The van der Waals surface area contributed by atoms with Crippen LogP contribution in [0.1, 0.15) is 67.9 Å². The van der Waals surface area contributed by atoms with Gasteiger partial charge in [0.05, 0.1) is 22.0 Å². The number of nitrogens with one attached hydrogen (secondary N) is 1. The SMILES string of the molecule is CCCCNC(=O)c1cc(-c2csc(-c3ccc(Cl)cc3Cl)n2)n(CC2CCCCC2)c1C. The number of hydrogen-bond acceptors (Lipinski definition) is 3. The lowest BCUT2D eigenvalue weighted by Crippen LogP contribution is -2.25. The van der Waals surface area contributed by atoms with Gasteiger partial charge in [0.25, 0.3) is 5.91 Å². The van der Waals surface area contributed by atoms with Gasteiger partial charge in [0, 0.05) is 34.7 Å². The van der Waals surface area contributed by atoms with Crippen molar-refractivity contribution < 1.29 is 4.79 Å². The highest BCUT2D eigenvalue weighted by Crippen LogP contribution is 2.36. The van der Waals surface area contributed by atoms with Crippen molar-refractivity contribution in [3.63, 3.8) is 0 Å². The third kappa shape index (κ3) is 5.64. The molecule has 2 aromatic heterocycles. The minimum Gasteiger partial charge on any atom is -0.352 e. The van der Waals surface area contributed by atoms with Crippen LogP contribution in [0.3, 0.4) is 0 Å². The molecule has 1 amide bonds. The maximum atomic E-state index is 13.0. The minimum atomic E-state index is 0.000734. The van der Waals surface area contributed by atoms with Gasteiger partial charge in [-0.3, -0.25) is 4.79 Å². The first-order valence-corrected chi connectivity index (χ1v) is 13.5. The Morgan fingerprint density at radius 3 is 2.73 bits per heavy atom. The van der Waals surface area contributed by atoms with Crippen LogP contribution in [0.15, 0.2) is 29.6 Å². The lowest BCUT2D eigenvalue weighted by molar-refractivity contribution is 0.0952. The van der Waals surface area contributed by atoms with Crippen LogP contribution in [0, 0.1) is 12.8 Å². The first-order chi connectivity index (χ1) is 16.0. The van der Waals surface area contributed by atoms with Crippen molar-refractivity contribution in [3.05, 3.63) is 50.9 Å². The maximum absolute atomic E-state index is 13.0. The first kappa shape index (κ1) is 24.3. The molecule has 176 valence electrons. The summed E-state index contributed by atoms with van der Waals surface area (Å²) in [6.45, 7) is 5.82. The smallest absolute Gasteiger partial charge is 0.253 e. The molecule has 7 heteroatoms. The van der Waals surface area contributed by atoms with Crippen molar-refractivity contribution in [2.75, 3.05) is 6.54 Å². The summed E-state index contributed by atoms with van der Waals surface area (Å²) >= 11 is 14.1. The minimum absolute atomic E-state index is 0.000734. The third-order valence-electron chi connectivity index (χ3n) is 6.52. The van der Waals surface area contributed by atoms with E-state index in [1.165, 1.54) is 32.1 Å². The molecule has 3 aromatic rings. The average molecular weight is 505 g/mol. The quantitative estimate of drug-likeness (QED) is 0.316. The molecule has 33 heavy (non-hydrogen) atoms. The van der Waals surface area contributed by atoms with E-state index in [4.69, 9.17) is 28.2 Å². The van der Waals surface area contributed by atoms with E-state index in [1.807, 2.05) is 18.2 Å². The number of nitrogens with zero attached hydrogens (tertiary/aromatic N) is 2. The van der Waals surface area contributed by atoms with Crippen LogP contribution >= 0.6 is 34.5 Å². The summed E-state index contributed by atoms with van der Waals surface area (Å²) in [6, 6.07) is 7.50. The number of carbonyl (C=O) groups excluding carboxylic acids is 1. The van der Waals surface area contributed by atoms with Gasteiger partial charge >= 0.3 is 0 Å². The number of hydrogen-bond donors (Lipinski definition) is 1. The Bertz CT molecular complexity index is 1110. The fraction of sp³-hybridized carbons (Fsp3) is 0.462. The van der Waals surface area contributed by atoms with E-state index >= 15 is 0 Å². The predicted octanol–water partition coefficient (Wildman–Crippen LogP) is 8.00. The zero-order chi connectivity index (χ0) is 23.4. The van der Waals surface area contributed by atoms with Gasteiger partial charge in [-0.15, -0.1) is 11.3 Å². The molecule has 0 unspecified atom stereocenters. The number of halogens is 2. The topological polar surface area (TPSA) is 46.9 Å². The summed E-state index contributed by atoms with van der Waals surface area (Å²) in [4.78, 5) is 17.9. The van der Waals surface area contributed by atoms with Gasteiger partial charge < -0.3 is 9.88 Å². The zero-order valence-corrected chi connectivity index (χ0v) is 21.6. The highest BCUT2D eigenvalue weighted by atomic mass is 35.5. The molecule has 0 aliphatic heterocycles. The molecule has 0 bridgehead atoms. The van der Waals surface area contributed by atoms with Gasteiger partial charge in [0.15, 0.2) is 0 Å². The number of aromatic nitrogens is 2. The molecule has 0 radical (unpaired) electrons. The van der Waals surface area contributed by atoms with Crippen molar-refractivity contribution in [2.24, 2.45) is 5.92 Å². The van der Waals surface area contributed by atoms with Crippen LogP contribution < -0.4 is 5.32 Å². The molecule has 4 nitrogen and oxygen atoms in total. The Kier molecular flexibility index (Phi) is 8.15. The number of unbranched alkanes of at least 4 members (excludes halogenated alkanes) is 1. The molecular weight excluding hydrogens is 473 g/mol. The lowest BCUT2D eigenvalue weighted by Gasteiger charge is -2.24. The number of amides is 1. The van der Waals surface area contributed by atoms with Crippen LogP contribution in [0.4, 0.5) is 0 Å². The normalized spacial score (nSPS) is 14.5. The summed E-state index contributed by atoms with van der Waals surface area (Å²) in [5.41, 5.74) is 4.52. The summed E-state index contributed by atoms with van der Waals surface area (Å²) in [6.07, 6.45) is 8.45. The van der Waals surface area contributed by atoms with Crippen molar-refractivity contribution in [2.45, 2.75) is 65.3 Å². The van der Waals surface area contributed by atoms with E-state index in [-0.39, 0.29) is 5.91 Å². The van der Waals surface area contributed by atoms with Gasteiger partial charge in [-0.05, 0) is 56.4 Å². The second-order valence-electron chi connectivity index (χ2n) is 8.91. The van der Waals surface area contributed by atoms with Crippen LogP contribution in [-0.4, -0.2) is 22.0 Å². The van der Waals surface area contributed by atoms with Crippen LogP contribution in [0.2, 0.25) is 10.0 Å². The Morgan fingerprint density at radius 1 is 1.21 bits per heavy atom. The van der Waals surface area contributed by atoms with E-state index in [0.29, 0.717) is 22.5 Å². The molecule has 0 spiro atoms. The standard InChI is InChI=1S/C26H31Cl2N3OS/c1-3-4-12-29-25(32)21-14-24(31(17(21)2)15-18-8-6-5-7-9-18)23-16-33-26(30-23)20-11-10-19(27)13-22(20)28/h10-11,13-14,16,18H,3-9,12,15H2,1-2H3,(H,29,32). The van der Waals surface area contributed by atoms with Crippen molar-refractivity contribution in [1.82, 2.24) is 14.9 Å². The van der Waals surface area contributed by atoms with Crippen LogP contribution in [0.25, 0.3) is 22.0 Å². The Hall–Kier alpha value is -1.82. The van der Waals surface area contributed by atoms with E-state index in [2.05, 4.69) is 29.1 Å². The fourth-order valence-corrected chi connectivity index (χ4v) is 6.01. The first-order valence-electron chi connectivity index (χ1n) is 11.9. The van der Waals surface area contributed by atoms with Gasteiger partial charge in [-0.1, -0.05) is 55.8 Å². The average Bonchev–Trinajstić information content (AvgIpc) is 3.40. The second-order valence-corrected chi connectivity index (χ2v) is 10.6. The summed E-state index contributed by atoms with van der Waals surface area (Å²) in [7, 11) is 0. The molecule has 0 atom stereocenters. The van der Waals surface area contributed by atoms with Crippen LogP contribution in [-0.2, 0) is 6.54 Å². The monoisotopic (exact) mass is 503 g/mol. The maximum Gasteiger partial charge on any atom is 0.253 e. The largest absolute Gasteiger partial charge is 0.352 e. The van der Waals surface area contributed by atoms with Gasteiger partial charge in [-0.2, -0.15) is 0 Å². The molecule has 4 rings (SSSR count). The summed E-state index contributed by atoms with van der Waals surface area (Å²) < 4.78 is 2.31.